The number of Topliss-reactive ketones (excluding diaryl/α,β-unsaturated/α-hetero) is 1. The molecule has 4 nitrogen and oxygen atoms in total. The van der Waals surface area contributed by atoms with Gasteiger partial charge in [-0.3, -0.25) is 4.79 Å². The maximum atomic E-state index is 13.1. The summed E-state index contributed by atoms with van der Waals surface area (Å²) in [6, 6.07) is 5.73. The number of H-pyrrole nitrogens is 1. The Kier molecular flexibility index (Phi) is 3.81. The number of carbonyl (C=O) groups is 1. The van der Waals surface area contributed by atoms with Crippen LogP contribution in [0.1, 0.15) is 50.5 Å². The third kappa shape index (κ3) is 2.93. The first-order chi connectivity index (χ1) is 10.4. The van der Waals surface area contributed by atoms with Gasteiger partial charge in [-0.2, -0.15) is 0 Å². The highest BCUT2D eigenvalue weighted by Gasteiger charge is 2.42. The van der Waals surface area contributed by atoms with E-state index in [4.69, 9.17) is 0 Å². The van der Waals surface area contributed by atoms with Gasteiger partial charge in [-0.1, -0.05) is 20.8 Å². The van der Waals surface area contributed by atoms with Crippen molar-refractivity contribution in [2.24, 2.45) is 10.8 Å². The van der Waals surface area contributed by atoms with E-state index in [0.29, 0.717) is 5.69 Å². The quantitative estimate of drug-likeness (QED) is 0.849. The Hall–Kier alpha value is -1.68. The predicted molar refractivity (Wildman–Crippen MR) is 89.0 cm³/mol. The molecule has 1 fully saturated rings. The molecule has 118 valence electrons. The summed E-state index contributed by atoms with van der Waals surface area (Å²) in [5.41, 5.74) is 2.40. The topological polar surface area (TPSA) is 57.8 Å². The maximum absolute atomic E-state index is 13.1. The van der Waals surface area contributed by atoms with Crippen molar-refractivity contribution in [1.29, 1.82) is 0 Å². The van der Waals surface area contributed by atoms with E-state index in [-0.39, 0.29) is 16.6 Å². The Balaban J connectivity index is 1.88. The van der Waals surface area contributed by atoms with Gasteiger partial charge in [0.05, 0.1) is 11.0 Å². The maximum Gasteiger partial charge on any atom is 0.188 e. The van der Waals surface area contributed by atoms with Crippen LogP contribution in [0.15, 0.2) is 24.4 Å². The van der Waals surface area contributed by atoms with Gasteiger partial charge in [0, 0.05) is 18.2 Å². The van der Waals surface area contributed by atoms with Crippen LogP contribution < -0.4 is 5.32 Å². The highest BCUT2D eigenvalue weighted by Crippen LogP contribution is 2.38. The number of aromatic amines is 1. The van der Waals surface area contributed by atoms with E-state index in [0.717, 1.165) is 43.4 Å². The lowest BCUT2D eigenvalue weighted by molar-refractivity contribution is 0.0778. The SMILES string of the molecule is CC(C)(C)CCC1(C(=O)c2ccc3[nH]ccc3n2)CCNC1. The van der Waals surface area contributed by atoms with Crippen molar-refractivity contribution in [3.8, 4) is 0 Å². The monoisotopic (exact) mass is 299 g/mol. The van der Waals surface area contributed by atoms with E-state index in [1.165, 1.54) is 0 Å². The van der Waals surface area contributed by atoms with Crippen molar-refractivity contribution in [3.63, 3.8) is 0 Å². The number of hydrogen-bond donors (Lipinski definition) is 2. The second-order valence-corrected chi connectivity index (χ2v) is 7.70. The van der Waals surface area contributed by atoms with E-state index in [2.05, 4.69) is 36.1 Å². The summed E-state index contributed by atoms with van der Waals surface area (Å²) < 4.78 is 0. The fourth-order valence-electron chi connectivity index (χ4n) is 3.21. The normalized spacial score (nSPS) is 22.3. The molecule has 1 aliphatic rings. The molecular weight excluding hydrogens is 274 g/mol. The summed E-state index contributed by atoms with van der Waals surface area (Å²) in [5.74, 6) is 0.199. The second kappa shape index (κ2) is 5.51. The van der Waals surface area contributed by atoms with Gasteiger partial charge in [0.2, 0.25) is 0 Å². The number of carbonyl (C=O) groups excluding carboxylic acids is 1. The van der Waals surface area contributed by atoms with Crippen LogP contribution >= 0.6 is 0 Å². The molecule has 3 heterocycles. The molecule has 2 N–H and O–H groups in total. The van der Waals surface area contributed by atoms with Crippen LogP contribution in [0.2, 0.25) is 0 Å². The molecule has 1 unspecified atom stereocenters. The fraction of sp³-hybridized carbons (Fsp3) is 0.556. The molecule has 0 aliphatic carbocycles. The Labute approximate surface area is 131 Å². The standard InChI is InChI=1S/C18H25N3O/c1-17(2,3)7-8-18(9-11-19-12-18)16(22)15-5-4-13-14(21-15)6-10-20-13/h4-6,10,19-20H,7-9,11-12H2,1-3H3. The van der Waals surface area contributed by atoms with Gasteiger partial charge in [-0.05, 0) is 49.4 Å². The van der Waals surface area contributed by atoms with Crippen LogP contribution in [0.5, 0.6) is 0 Å². The van der Waals surface area contributed by atoms with Gasteiger partial charge in [-0.25, -0.2) is 4.98 Å². The Morgan fingerprint density at radius 3 is 2.82 bits per heavy atom. The molecule has 0 aromatic carbocycles. The number of pyridine rings is 1. The molecule has 0 bridgehead atoms. The molecule has 0 amide bonds. The summed E-state index contributed by atoms with van der Waals surface area (Å²) in [4.78, 5) is 20.8. The van der Waals surface area contributed by atoms with Crippen LogP contribution in [-0.4, -0.2) is 28.8 Å². The average molecular weight is 299 g/mol. The molecule has 4 heteroatoms. The first-order valence-corrected chi connectivity index (χ1v) is 8.09. The van der Waals surface area contributed by atoms with Crippen molar-refractivity contribution in [2.45, 2.75) is 40.0 Å². The molecule has 0 spiro atoms. The van der Waals surface area contributed by atoms with Gasteiger partial charge in [-0.15, -0.1) is 0 Å². The zero-order chi connectivity index (χ0) is 15.8. The van der Waals surface area contributed by atoms with Crippen molar-refractivity contribution < 1.29 is 4.79 Å². The third-order valence-electron chi connectivity index (χ3n) is 4.72. The Morgan fingerprint density at radius 1 is 1.32 bits per heavy atom. The number of aromatic nitrogens is 2. The van der Waals surface area contributed by atoms with Gasteiger partial charge in [0.25, 0.3) is 0 Å². The van der Waals surface area contributed by atoms with E-state index >= 15 is 0 Å². The zero-order valence-corrected chi connectivity index (χ0v) is 13.7. The van der Waals surface area contributed by atoms with Gasteiger partial charge in [0.15, 0.2) is 5.78 Å². The zero-order valence-electron chi connectivity index (χ0n) is 13.7. The summed E-state index contributed by atoms with van der Waals surface area (Å²) >= 11 is 0. The molecule has 22 heavy (non-hydrogen) atoms. The lowest BCUT2D eigenvalue weighted by Crippen LogP contribution is -2.35. The summed E-state index contributed by atoms with van der Waals surface area (Å²) in [5, 5.41) is 3.38. The lowest BCUT2D eigenvalue weighted by atomic mass is 9.73. The van der Waals surface area contributed by atoms with Gasteiger partial charge in [0.1, 0.15) is 5.69 Å². The Bertz CT molecular complexity index is 675. The number of rotatable bonds is 4. The molecule has 0 saturated carbocycles. The van der Waals surface area contributed by atoms with Gasteiger partial charge < -0.3 is 10.3 Å². The molecule has 1 saturated heterocycles. The van der Waals surface area contributed by atoms with Crippen LogP contribution in [0, 0.1) is 10.8 Å². The first kappa shape index (κ1) is 15.2. The first-order valence-electron chi connectivity index (χ1n) is 8.09. The van der Waals surface area contributed by atoms with Crippen LogP contribution in [-0.2, 0) is 0 Å². The second-order valence-electron chi connectivity index (χ2n) is 7.70. The average Bonchev–Trinajstić information content (AvgIpc) is 3.12. The van der Waals surface area contributed by atoms with Crippen LogP contribution in [0.25, 0.3) is 11.0 Å². The number of fused-ring (bicyclic) bond motifs is 1. The number of ketones is 1. The van der Waals surface area contributed by atoms with E-state index in [1.54, 1.807) is 0 Å². The van der Waals surface area contributed by atoms with Crippen molar-refractivity contribution >= 4 is 16.8 Å². The molecule has 1 aliphatic heterocycles. The molecule has 3 rings (SSSR count). The lowest BCUT2D eigenvalue weighted by Gasteiger charge is -2.30. The number of nitrogens with one attached hydrogen (secondary N) is 2. The fourth-order valence-corrected chi connectivity index (χ4v) is 3.21. The largest absolute Gasteiger partial charge is 0.360 e. The Morgan fingerprint density at radius 2 is 2.14 bits per heavy atom. The van der Waals surface area contributed by atoms with Crippen molar-refractivity contribution in [1.82, 2.24) is 15.3 Å². The molecule has 0 radical (unpaired) electrons. The third-order valence-corrected chi connectivity index (χ3v) is 4.72. The van der Waals surface area contributed by atoms with Crippen molar-refractivity contribution in [3.05, 3.63) is 30.1 Å². The van der Waals surface area contributed by atoms with Gasteiger partial charge >= 0.3 is 0 Å². The molecule has 2 aromatic heterocycles. The van der Waals surface area contributed by atoms with Crippen LogP contribution in [0.4, 0.5) is 0 Å². The number of hydrogen-bond acceptors (Lipinski definition) is 3. The summed E-state index contributed by atoms with van der Waals surface area (Å²) in [6.45, 7) is 8.39. The minimum atomic E-state index is -0.287. The van der Waals surface area contributed by atoms with E-state index in [9.17, 15) is 4.79 Å². The molecular formula is C18H25N3O. The smallest absolute Gasteiger partial charge is 0.188 e. The minimum Gasteiger partial charge on any atom is -0.360 e. The van der Waals surface area contributed by atoms with E-state index in [1.807, 2.05) is 24.4 Å². The highest BCUT2D eigenvalue weighted by atomic mass is 16.1. The van der Waals surface area contributed by atoms with Crippen molar-refractivity contribution in [2.75, 3.05) is 13.1 Å². The predicted octanol–water partition coefficient (Wildman–Crippen LogP) is 3.55. The van der Waals surface area contributed by atoms with E-state index < -0.39 is 0 Å². The minimum absolute atomic E-state index is 0.199. The number of nitrogens with zero attached hydrogens (tertiary/aromatic N) is 1. The summed E-state index contributed by atoms with van der Waals surface area (Å²) in [7, 11) is 0. The molecule has 2 aromatic rings. The van der Waals surface area contributed by atoms with Crippen LogP contribution in [0.3, 0.4) is 0 Å². The summed E-state index contributed by atoms with van der Waals surface area (Å²) in [6.07, 6.45) is 4.75. The molecule has 1 atom stereocenters. The highest BCUT2D eigenvalue weighted by molar-refractivity contribution is 6.00.